The first-order chi connectivity index (χ1) is 13.0. The fraction of sp³-hybridized carbons (Fsp3) is 0.286. The van der Waals surface area contributed by atoms with E-state index in [4.69, 9.17) is 0 Å². The van der Waals surface area contributed by atoms with Crippen molar-refractivity contribution in [2.75, 3.05) is 13.1 Å². The van der Waals surface area contributed by atoms with E-state index in [2.05, 4.69) is 11.4 Å². The van der Waals surface area contributed by atoms with Gasteiger partial charge in [0.25, 0.3) is 5.91 Å². The highest BCUT2D eigenvalue weighted by Crippen LogP contribution is 2.33. The van der Waals surface area contributed by atoms with Crippen LogP contribution in [0.25, 0.3) is 0 Å². The molecule has 0 heterocycles. The average molecular weight is 382 g/mol. The molecule has 1 N–H and O–H groups in total. The summed E-state index contributed by atoms with van der Waals surface area (Å²) in [5, 5.41) is 12.1. The van der Waals surface area contributed by atoms with Gasteiger partial charge < -0.3 is 10.2 Å². The summed E-state index contributed by atoms with van der Waals surface area (Å²) in [6.07, 6.45) is 0. The van der Waals surface area contributed by atoms with Crippen molar-refractivity contribution in [1.82, 2.24) is 10.2 Å². The standard InChI is InChI=1S/C21H23N3O2S/c1-4-24(14-20(25)23-15(2)3)21(26)17-10-6-8-12-19(17)27-18-11-7-5-9-16(18)13-22/h5-12,15H,4,14H2,1-3H3,(H,23,25). The number of nitrogens with one attached hydrogen (secondary N) is 1. The number of amides is 2. The Morgan fingerprint density at radius 3 is 2.37 bits per heavy atom. The number of rotatable bonds is 7. The zero-order valence-electron chi connectivity index (χ0n) is 15.7. The molecule has 6 heteroatoms. The van der Waals surface area contributed by atoms with Crippen LogP contribution in [0.3, 0.4) is 0 Å². The molecule has 0 spiro atoms. The lowest BCUT2D eigenvalue weighted by Crippen LogP contribution is -2.42. The maximum Gasteiger partial charge on any atom is 0.255 e. The van der Waals surface area contributed by atoms with Crippen molar-refractivity contribution in [2.45, 2.75) is 36.6 Å². The second-order valence-electron chi connectivity index (χ2n) is 6.25. The maximum absolute atomic E-state index is 13.0. The Hall–Kier alpha value is -2.78. The number of carbonyl (C=O) groups excluding carboxylic acids is 2. The minimum absolute atomic E-state index is 0.0152. The monoisotopic (exact) mass is 381 g/mol. The van der Waals surface area contributed by atoms with E-state index in [9.17, 15) is 14.9 Å². The minimum atomic E-state index is -0.200. The Labute approximate surface area is 164 Å². The van der Waals surface area contributed by atoms with E-state index in [-0.39, 0.29) is 24.4 Å². The summed E-state index contributed by atoms with van der Waals surface area (Å²) >= 11 is 1.38. The molecule has 0 aliphatic carbocycles. The third-order valence-electron chi connectivity index (χ3n) is 3.80. The molecule has 0 aliphatic heterocycles. The molecule has 0 saturated carbocycles. The second-order valence-corrected chi connectivity index (χ2v) is 7.33. The first kappa shape index (κ1) is 20.5. The van der Waals surface area contributed by atoms with Gasteiger partial charge in [-0.25, -0.2) is 0 Å². The molecule has 2 rings (SSSR count). The predicted octanol–water partition coefficient (Wildman–Crippen LogP) is 3.70. The fourth-order valence-electron chi connectivity index (χ4n) is 2.54. The van der Waals surface area contributed by atoms with Gasteiger partial charge >= 0.3 is 0 Å². The fourth-order valence-corrected chi connectivity index (χ4v) is 3.56. The molecule has 0 unspecified atom stereocenters. The molecule has 2 aromatic rings. The summed E-state index contributed by atoms with van der Waals surface area (Å²) in [5.74, 6) is -0.380. The average Bonchev–Trinajstić information content (AvgIpc) is 2.66. The molecule has 2 aromatic carbocycles. The molecular formula is C21H23N3O2S. The lowest BCUT2D eigenvalue weighted by molar-refractivity contribution is -0.122. The van der Waals surface area contributed by atoms with Gasteiger partial charge in [0.1, 0.15) is 6.07 Å². The van der Waals surface area contributed by atoms with Gasteiger partial charge in [0.2, 0.25) is 5.91 Å². The molecule has 0 bridgehead atoms. The minimum Gasteiger partial charge on any atom is -0.352 e. The molecule has 0 atom stereocenters. The molecule has 5 nitrogen and oxygen atoms in total. The Morgan fingerprint density at radius 1 is 1.11 bits per heavy atom. The van der Waals surface area contributed by atoms with Crippen LogP contribution in [0.1, 0.15) is 36.7 Å². The number of nitrogens with zero attached hydrogens (tertiary/aromatic N) is 2. The lowest BCUT2D eigenvalue weighted by Gasteiger charge is -2.22. The van der Waals surface area contributed by atoms with Gasteiger partial charge in [-0.15, -0.1) is 0 Å². The van der Waals surface area contributed by atoms with Crippen molar-refractivity contribution in [3.63, 3.8) is 0 Å². The molecule has 27 heavy (non-hydrogen) atoms. The first-order valence-corrected chi connectivity index (χ1v) is 9.62. The van der Waals surface area contributed by atoms with E-state index >= 15 is 0 Å². The summed E-state index contributed by atoms with van der Waals surface area (Å²) in [7, 11) is 0. The molecule has 2 amide bonds. The summed E-state index contributed by atoms with van der Waals surface area (Å²) < 4.78 is 0. The van der Waals surface area contributed by atoms with Gasteiger partial charge in [0.05, 0.1) is 17.7 Å². The van der Waals surface area contributed by atoms with Crippen LogP contribution in [0.2, 0.25) is 0 Å². The zero-order chi connectivity index (χ0) is 19.8. The SMILES string of the molecule is CCN(CC(=O)NC(C)C)C(=O)c1ccccc1Sc1ccccc1C#N. The van der Waals surface area contributed by atoms with E-state index in [1.165, 1.54) is 16.7 Å². The lowest BCUT2D eigenvalue weighted by atomic mass is 10.2. The summed E-state index contributed by atoms with van der Waals surface area (Å²) in [6.45, 7) is 6.06. The van der Waals surface area contributed by atoms with E-state index in [1.807, 2.05) is 51.1 Å². The largest absolute Gasteiger partial charge is 0.352 e. The summed E-state index contributed by atoms with van der Waals surface area (Å²) in [6, 6.07) is 16.7. The van der Waals surface area contributed by atoms with Gasteiger partial charge in [0, 0.05) is 22.4 Å². The number of carbonyl (C=O) groups is 2. The Balaban J connectivity index is 2.26. The van der Waals surface area contributed by atoms with Crippen molar-refractivity contribution in [3.05, 3.63) is 59.7 Å². The highest BCUT2D eigenvalue weighted by Gasteiger charge is 2.21. The number of benzene rings is 2. The van der Waals surface area contributed by atoms with E-state index in [0.29, 0.717) is 17.7 Å². The quantitative estimate of drug-likeness (QED) is 0.794. The second kappa shape index (κ2) is 9.79. The van der Waals surface area contributed by atoms with Crippen LogP contribution < -0.4 is 5.32 Å². The van der Waals surface area contributed by atoms with E-state index in [1.54, 1.807) is 18.2 Å². The Bertz CT molecular complexity index is 859. The molecular weight excluding hydrogens is 358 g/mol. The normalized spacial score (nSPS) is 10.3. The topological polar surface area (TPSA) is 73.2 Å². The van der Waals surface area contributed by atoms with Crippen molar-refractivity contribution < 1.29 is 9.59 Å². The number of likely N-dealkylation sites (N-methyl/N-ethyl adjacent to an activating group) is 1. The van der Waals surface area contributed by atoms with E-state index < -0.39 is 0 Å². The molecule has 0 radical (unpaired) electrons. The Morgan fingerprint density at radius 2 is 1.74 bits per heavy atom. The molecule has 0 aromatic heterocycles. The van der Waals surface area contributed by atoms with Crippen LogP contribution in [0.4, 0.5) is 0 Å². The van der Waals surface area contributed by atoms with Crippen LogP contribution in [0.15, 0.2) is 58.3 Å². The van der Waals surface area contributed by atoms with Crippen molar-refractivity contribution in [1.29, 1.82) is 5.26 Å². The van der Waals surface area contributed by atoms with E-state index in [0.717, 1.165) is 9.79 Å². The smallest absolute Gasteiger partial charge is 0.255 e. The van der Waals surface area contributed by atoms with Crippen LogP contribution in [0, 0.1) is 11.3 Å². The van der Waals surface area contributed by atoms with Gasteiger partial charge in [-0.3, -0.25) is 9.59 Å². The highest BCUT2D eigenvalue weighted by molar-refractivity contribution is 7.99. The molecule has 0 fully saturated rings. The van der Waals surface area contributed by atoms with Crippen molar-refractivity contribution in [3.8, 4) is 6.07 Å². The summed E-state index contributed by atoms with van der Waals surface area (Å²) in [4.78, 5) is 28.2. The third kappa shape index (κ3) is 5.60. The van der Waals surface area contributed by atoms with Crippen LogP contribution in [0.5, 0.6) is 0 Å². The molecule has 0 saturated heterocycles. The molecule has 140 valence electrons. The third-order valence-corrected chi connectivity index (χ3v) is 4.95. The van der Waals surface area contributed by atoms with Gasteiger partial charge in [-0.2, -0.15) is 5.26 Å². The van der Waals surface area contributed by atoms with Crippen molar-refractivity contribution >= 4 is 23.6 Å². The van der Waals surface area contributed by atoms with Gasteiger partial charge in [0.15, 0.2) is 0 Å². The number of hydrogen-bond donors (Lipinski definition) is 1. The van der Waals surface area contributed by atoms with Crippen LogP contribution in [-0.2, 0) is 4.79 Å². The summed E-state index contributed by atoms with van der Waals surface area (Å²) in [5.41, 5.74) is 1.09. The number of hydrogen-bond acceptors (Lipinski definition) is 4. The molecule has 0 aliphatic rings. The van der Waals surface area contributed by atoms with Gasteiger partial charge in [-0.1, -0.05) is 36.0 Å². The first-order valence-electron chi connectivity index (χ1n) is 8.80. The predicted molar refractivity (Wildman–Crippen MR) is 107 cm³/mol. The maximum atomic E-state index is 13.0. The van der Waals surface area contributed by atoms with Crippen LogP contribution in [-0.4, -0.2) is 35.8 Å². The zero-order valence-corrected chi connectivity index (χ0v) is 16.5. The number of nitriles is 1. The van der Waals surface area contributed by atoms with Crippen LogP contribution >= 0.6 is 11.8 Å². The highest BCUT2D eigenvalue weighted by atomic mass is 32.2. The Kier molecular flexibility index (Phi) is 7.44. The van der Waals surface area contributed by atoms with Crippen molar-refractivity contribution in [2.24, 2.45) is 0 Å². The van der Waals surface area contributed by atoms with Gasteiger partial charge in [-0.05, 0) is 45.0 Å².